The van der Waals surface area contributed by atoms with Gasteiger partial charge in [0.2, 0.25) is 0 Å². The van der Waals surface area contributed by atoms with E-state index in [2.05, 4.69) is 34.9 Å². The van der Waals surface area contributed by atoms with Gasteiger partial charge in [-0.2, -0.15) is 0 Å². The van der Waals surface area contributed by atoms with Crippen LogP contribution in [0.1, 0.15) is 18.5 Å². The molecule has 2 heterocycles. The topological polar surface area (TPSA) is 45.4 Å². The van der Waals surface area contributed by atoms with Crippen LogP contribution < -0.4 is 10.6 Å². The number of pyridine rings is 1. The van der Waals surface area contributed by atoms with Gasteiger partial charge in [0.25, 0.3) is 0 Å². The summed E-state index contributed by atoms with van der Waals surface area (Å²) >= 11 is 0. The molecular weight excluding hydrogens is 212 g/mol. The van der Waals surface area contributed by atoms with E-state index in [1.54, 1.807) is 0 Å². The molecule has 4 nitrogen and oxygen atoms in total. The van der Waals surface area contributed by atoms with Gasteiger partial charge in [0.05, 0.1) is 11.4 Å². The first-order chi connectivity index (χ1) is 8.22. The fourth-order valence-corrected chi connectivity index (χ4v) is 2.50. The third kappa shape index (κ3) is 2.76. The highest BCUT2D eigenvalue weighted by atomic mass is 15.2. The van der Waals surface area contributed by atoms with Crippen molar-refractivity contribution < 1.29 is 0 Å². The van der Waals surface area contributed by atoms with E-state index in [9.17, 15) is 0 Å². The van der Waals surface area contributed by atoms with Crippen molar-refractivity contribution in [3.05, 3.63) is 24.0 Å². The molecule has 17 heavy (non-hydrogen) atoms. The van der Waals surface area contributed by atoms with E-state index in [1.807, 2.05) is 12.3 Å². The second-order valence-electron chi connectivity index (χ2n) is 4.86. The van der Waals surface area contributed by atoms with E-state index in [-0.39, 0.29) is 0 Å². The SMILES string of the molecule is CN(C)C1CCN(c2cccnc2CN)CC1. The van der Waals surface area contributed by atoms with Gasteiger partial charge < -0.3 is 15.5 Å². The summed E-state index contributed by atoms with van der Waals surface area (Å²) in [5.74, 6) is 0. The lowest BCUT2D eigenvalue weighted by atomic mass is 10.0. The molecule has 1 aromatic rings. The van der Waals surface area contributed by atoms with Crippen molar-refractivity contribution in [3.8, 4) is 0 Å². The van der Waals surface area contributed by atoms with Crippen LogP contribution in [0.2, 0.25) is 0 Å². The van der Waals surface area contributed by atoms with Gasteiger partial charge in [0.1, 0.15) is 0 Å². The van der Waals surface area contributed by atoms with Gasteiger partial charge >= 0.3 is 0 Å². The van der Waals surface area contributed by atoms with Crippen LogP contribution in [-0.4, -0.2) is 43.1 Å². The van der Waals surface area contributed by atoms with Gasteiger partial charge in [-0.05, 0) is 39.1 Å². The molecule has 1 aliphatic rings. The molecule has 0 bridgehead atoms. The molecule has 1 aromatic heterocycles. The number of hydrogen-bond acceptors (Lipinski definition) is 4. The van der Waals surface area contributed by atoms with Crippen molar-refractivity contribution in [2.75, 3.05) is 32.1 Å². The normalized spacial score (nSPS) is 17.8. The maximum Gasteiger partial charge on any atom is 0.0772 e. The monoisotopic (exact) mass is 234 g/mol. The number of hydrogen-bond donors (Lipinski definition) is 1. The van der Waals surface area contributed by atoms with Crippen LogP contribution in [0.3, 0.4) is 0 Å². The summed E-state index contributed by atoms with van der Waals surface area (Å²) in [6.45, 7) is 2.72. The number of piperidine rings is 1. The summed E-state index contributed by atoms with van der Waals surface area (Å²) in [6, 6.07) is 4.83. The Morgan fingerprint density at radius 1 is 1.41 bits per heavy atom. The molecule has 2 rings (SSSR count). The van der Waals surface area contributed by atoms with E-state index in [0.717, 1.165) is 18.8 Å². The summed E-state index contributed by atoms with van der Waals surface area (Å²) in [5, 5.41) is 0. The highest BCUT2D eigenvalue weighted by molar-refractivity contribution is 5.50. The molecule has 0 amide bonds. The molecule has 1 aliphatic heterocycles. The van der Waals surface area contributed by atoms with Crippen molar-refractivity contribution in [2.24, 2.45) is 5.73 Å². The second kappa shape index (κ2) is 5.47. The minimum absolute atomic E-state index is 0.518. The van der Waals surface area contributed by atoms with Crippen molar-refractivity contribution in [1.82, 2.24) is 9.88 Å². The standard InChI is InChI=1S/C13H22N4/c1-16(2)11-5-8-17(9-6-11)13-4-3-7-15-12(13)10-14/h3-4,7,11H,5-6,8-10,14H2,1-2H3. The Hall–Kier alpha value is -1.13. The lowest BCUT2D eigenvalue weighted by molar-refractivity contribution is 0.249. The Morgan fingerprint density at radius 2 is 2.12 bits per heavy atom. The van der Waals surface area contributed by atoms with Crippen LogP contribution in [0, 0.1) is 0 Å². The van der Waals surface area contributed by atoms with Crippen molar-refractivity contribution in [1.29, 1.82) is 0 Å². The van der Waals surface area contributed by atoms with Gasteiger partial charge in [-0.15, -0.1) is 0 Å². The van der Waals surface area contributed by atoms with E-state index >= 15 is 0 Å². The van der Waals surface area contributed by atoms with Gasteiger partial charge in [0.15, 0.2) is 0 Å². The molecule has 1 fully saturated rings. The largest absolute Gasteiger partial charge is 0.370 e. The zero-order valence-corrected chi connectivity index (χ0v) is 10.8. The number of nitrogens with zero attached hydrogens (tertiary/aromatic N) is 3. The van der Waals surface area contributed by atoms with Gasteiger partial charge in [-0.1, -0.05) is 0 Å². The molecule has 4 heteroatoms. The van der Waals surface area contributed by atoms with Crippen molar-refractivity contribution >= 4 is 5.69 Å². The average molecular weight is 234 g/mol. The maximum atomic E-state index is 5.74. The first-order valence-electron chi connectivity index (χ1n) is 6.27. The fraction of sp³-hybridized carbons (Fsp3) is 0.615. The number of anilines is 1. The van der Waals surface area contributed by atoms with Gasteiger partial charge in [-0.25, -0.2) is 0 Å². The Labute approximate surface area is 103 Å². The first-order valence-corrected chi connectivity index (χ1v) is 6.27. The second-order valence-corrected chi connectivity index (χ2v) is 4.86. The molecule has 0 aliphatic carbocycles. The Balaban J connectivity index is 2.05. The zero-order valence-electron chi connectivity index (χ0n) is 10.8. The zero-order chi connectivity index (χ0) is 12.3. The predicted molar refractivity (Wildman–Crippen MR) is 71.1 cm³/mol. The molecule has 1 saturated heterocycles. The van der Waals surface area contributed by atoms with Crippen LogP contribution >= 0.6 is 0 Å². The molecule has 0 atom stereocenters. The number of rotatable bonds is 3. The van der Waals surface area contributed by atoms with Crippen LogP contribution in [0.5, 0.6) is 0 Å². The van der Waals surface area contributed by atoms with Crippen LogP contribution in [0.4, 0.5) is 5.69 Å². The van der Waals surface area contributed by atoms with E-state index in [0.29, 0.717) is 12.6 Å². The first kappa shape index (κ1) is 12.3. The van der Waals surface area contributed by atoms with Gasteiger partial charge in [0, 0.05) is 31.9 Å². The lowest BCUT2D eigenvalue weighted by Crippen LogP contribution is -2.42. The molecule has 2 N–H and O–H groups in total. The maximum absolute atomic E-state index is 5.74. The third-order valence-corrected chi connectivity index (χ3v) is 3.60. The summed E-state index contributed by atoms with van der Waals surface area (Å²) in [6.07, 6.45) is 4.25. The lowest BCUT2D eigenvalue weighted by Gasteiger charge is -2.37. The molecule has 0 unspecified atom stereocenters. The third-order valence-electron chi connectivity index (χ3n) is 3.60. The van der Waals surface area contributed by atoms with E-state index < -0.39 is 0 Å². The number of aromatic nitrogens is 1. The quantitative estimate of drug-likeness (QED) is 0.850. The summed E-state index contributed by atoms with van der Waals surface area (Å²) < 4.78 is 0. The minimum Gasteiger partial charge on any atom is -0.370 e. The minimum atomic E-state index is 0.518. The Morgan fingerprint density at radius 3 is 2.71 bits per heavy atom. The highest BCUT2D eigenvalue weighted by Gasteiger charge is 2.21. The highest BCUT2D eigenvalue weighted by Crippen LogP contribution is 2.23. The van der Waals surface area contributed by atoms with Crippen LogP contribution in [-0.2, 0) is 6.54 Å². The Kier molecular flexibility index (Phi) is 3.97. The summed E-state index contributed by atoms with van der Waals surface area (Å²) in [7, 11) is 4.32. The van der Waals surface area contributed by atoms with Crippen LogP contribution in [0.25, 0.3) is 0 Å². The van der Waals surface area contributed by atoms with E-state index in [4.69, 9.17) is 5.73 Å². The Bertz CT molecular complexity index is 356. The van der Waals surface area contributed by atoms with Crippen molar-refractivity contribution in [2.45, 2.75) is 25.4 Å². The number of nitrogens with two attached hydrogens (primary N) is 1. The van der Waals surface area contributed by atoms with E-state index in [1.165, 1.54) is 18.5 Å². The smallest absolute Gasteiger partial charge is 0.0772 e. The summed E-state index contributed by atoms with van der Waals surface area (Å²) in [4.78, 5) is 9.09. The molecule has 0 spiro atoms. The van der Waals surface area contributed by atoms with Gasteiger partial charge in [-0.3, -0.25) is 4.98 Å². The molecule has 0 aromatic carbocycles. The summed E-state index contributed by atoms with van der Waals surface area (Å²) in [5.41, 5.74) is 7.96. The molecule has 0 radical (unpaired) electrons. The molecule has 0 saturated carbocycles. The predicted octanol–water partition coefficient (Wildman–Crippen LogP) is 1.07. The van der Waals surface area contributed by atoms with Crippen molar-refractivity contribution in [3.63, 3.8) is 0 Å². The van der Waals surface area contributed by atoms with Crippen LogP contribution in [0.15, 0.2) is 18.3 Å². The molecular formula is C13H22N4. The molecule has 94 valence electrons. The fourth-order valence-electron chi connectivity index (χ4n) is 2.50. The average Bonchev–Trinajstić information content (AvgIpc) is 2.39.